The van der Waals surface area contributed by atoms with Gasteiger partial charge in [-0.1, -0.05) is 31.2 Å². The van der Waals surface area contributed by atoms with Crippen molar-refractivity contribution in [1.82, 2.24) is 0 Å². The van der Waals surface area contributed by atoms with Gasteiger partial charge >= 0.3 is 5.97 Å². The first kappa shape index (κ1) is 14.7. The molecule has 90 valence electrons. The van der Waals surface area contributed by atoms with E-state index < -0.39 is 0 Å². The minimum absolute atomic E-state index is 0.0764. The summed E-state index contributed by atoms with van der Waals surface area (Å²) in [6, 6.07) is 8.36. The minimum Gasteiger partial charge on any atom is -0.463 e. The van der Waals surface area contributed by atoms with Crippen LogP contribution in [0.2, 0.25) is 0 Å². The Bertz CT molecular complexity index is 297. The number of esters is 1. The lowest BCUT2D eigenvalue weighted by Gasteiger charge is -2.06. The molecule has 0 bridgehead atoms. The molecule has 16 heavy (non-hydrogen) atoms. The number of aryl methyl sites for hydroxylation is 2. The lowest BCUT2D eigenvalue weighted by molar-refractivity contribution is -0.145. The van der Waals surface area contributed by atoms with Gasteiger partial charge in [-0.25, -0.2) is 0 Å². The van der Waals surface area contributed by atoms with Crippen LogP contribution in [-0.4, -0.2) is 12.1 Å². The summed E-state index contributed by atoms with van der Waals surface area (Å²) in [4.78, 5) is 10.2. The van der Waals surface area contributed by atoms with Crippen molar-refractivity contribution < 1.29 is 9.53 Å². The standard InChI is InChI=1S/C8H10.C6H12O2/c1-7-5-3-4-6-8(7)2;1-4-5(2)8-6(3)7/h3-6H,1-2H3;5H,4H2,1-3H3. The summed E-state index contributed by atoms with van der Waals surface area (Å²) in [5, 5.41) is 0. The van der Waals surface area contributed by atoms with Crippen LogP contribution >= 0.6 is 0 Å². The third-order valence-electron chi connectivity index (χ3n) is 2.37. The monoisotopic (exact) mass is 222 g/mol. The zero-order valence-electron chi connectivity index (χ0n) is 10.9. The second-order valence-corrected chi connectivity index (χ2v) is 3.91. The van der Waals surface area contributed by atoms with Gasteiger partial charge in [0, 0.05) is 6.92 Å². The predicted octanol–water partition coefficient (Wildman–Crippen LogP) is 3.65. The molecule has 0 amide bonds. The molecular formula is C14H22O2. The van der Waals surface area contributed by atoms with Gasteiger partial charge in [-0.15, -0.1) is 0 Å². The molecule has 0 radical (unpaired) electrons. The van der Waals surface area contributed by atoms with Crippen molar-refractivity contribution in [2.45, 2.75) is 47.1 Å². The predicted molar refractivity (Wildman–Crippen MR) is 67.4 cm³/mol. The van der Waals surface area contributed by atoms with Gasteiger partial charge in [-0.05, 0) is 38.3 Å². The summed E-state index contributed by atoms with van der Waals surface area (Å²) in [5.41, 5.74) is 2.74. The molecule has 0 spiro atoms. The van der Waals surface area contributed by atoms with Gasteiger partial charge in [0.1, 0.15) is 0 Å². The van der Waals surface area contributed by atoms with Crippen LogP contribution in [0.5, 0.6) is 0 Å². The molecule has 2 nitrogen and oxygen atoms in total. The average Bonchev–Trinajstić information content (AvgIpc) is 2.22. The maximum Gasteiger partial charge on any atom is 0.302 e. The molecule has 0 N–H and O–H groups in total. The fourth-order valence-electron chi connectivity index (χ4n) is 1.03. The fraction of sp³-hybridized carbons (Fsp3) is 0.500. The van der Waals surface area contributed by atoms with Crippen molar-refractivity contribution in [3.05, 3.63) is 35.4 Å². The number of rotatable bonds is 2. The van der Waals surface area contributed by atoms with E-state index in [2.05, 4.69) is 38.1 Å². The van der Waals surface area contributed by atoms with Gasteiger partial charge in [0.15, 0.2) is 0 Å². The van der Waals surface area contributed by atoms with Gasteiger partial charge in [0.05, 0.1) is 6.10 Å². The van der Waals surface area contributed by atoms with Crippen molar-refractivity contribution in [3.8, 4) is 0 Å². The highest BCUT2D eigenvalue weighted by atomic mass is 16.5. The molecule has 0 aromatic heterocycles. The summed E-state index contributed by atoms with van der Waals surface area (Å²) in [6.07, 6.45) is 0.965. The molecule has 0 aliphatic heterocycles. The van der Waals surface area contributed by atoms with Crippen molar-refractivity contribution in [2.24, 2.45) is 0 Å². The van der Waals surface area contributed by atoms with E-state index >= 15 is 0 Å². The van der Waals surface area contributed by atoms with Crippen molar-refractivity contribution >= 4 is 5.97 Å². The maximum absolute atomic E-state index is 10.2. The summed E-state index contributed by atoms with van der Waals surface area (Å²) >= 11 is 0. The van der Waals surface area contributed by atoms with E-state index in [1.54, 1.807) is 0 Å². The molecule has 1 atom stereocenters. The molecule has 1 aromatic rings. The van der Waals surface area contributed by atoms with Crippen molar-refractivity contribution in [3.63, 3.8) is 0 Å². The van der Waals surface area contributed by atoms with Gasteiger partial charge in [-0.2, -0.15) is 0 Å². The fourth-order valence-corrected chi connectivity index (χ4v) is 1.03. The van der Waals surface area contributed by atoms with E-state index in [9.17, 15) is 4.79 Å². The Morgan fingerprint density at radius 3 is 1.88 bits per heavy atom. The molecule has 0 heterocycles. The second kappa shape index (κ2) is 7.91. The van der Waals surface area contributed by atoms with Crippen LogP contribution < -0.4 is 0 Å². The Morgan fingerprint density at radius 1 is 1.25 bits per heavy atom. The molecule has 1 aromatic carbocycles. The highest BCUT2D eigenvalue weighted by Gasteiger charge is 1.99. The molecular weight excluding hydrogens is 200 g/mol. The molecule has 2 heteroatoms. The topological polar surface area (TPSA) is 26.3 Å². The SMILES string of the molecule is CCC(C)OC(C)=O.Cc1ccccc1C. The lowest BCUT2D eigenvalue weighted by atomic mass is 10.1. The van der Waals surface area contributed by atoms with Gasteiger partial charge < -0.3 is 4.74 Å². The molecule has 0 saturated carbocycles. The maximum atomic E-state index is 10.2. The highest BCUT2D eigenvalue weighted by Crippen LogP contribution is 2.02. The molecule has 0 aliphatic rings. The number of benzene rings is 1. The largest absolute Gasteiger partial charge is 0.463 e. The minimum atomic E-state index is -0.195. The third-order valence-corrected chi connectivity index (χ3v) is 2.37. The quantitative estimate of drug-likeness (QED) is 0.714. The van der Waals surface area contributed by atoms with Crippen LogP contribution in [0.1, 0.15) is 38.3 Å². The number of carbonyl (C=O) groups excluding carboxylic acids is 1. The molecule has 1 rings (SSSR count). The summed E-state index contributed by atoms with van der Waals surface area (Å²) in [7, 11) is 0. The Labute approximate surface area is 98.6 Å². The van der Waals surface area contributed by atoms with E-state index in [0.717, 1.165) is 6.42 Å². The van der Waals surface area contributed by atoms with E-state index in [1.165, 1.54) is 18.1 Å². The van der Waals surface area contributed by atoms with Crippen LogP contribution in [0.4, 0.5) is 0 Å². The highest BCUT2D eigenvalue weighted by molar-refractivity contribution is 5.66. The Kier molecular flexibility index (Phi) is 7.27. The third kappa shape index (κ3) is 7.04. The molecule has 0 fully saturated rings. The first-order chi connectivity index (χ1) is 7.47. The Balaban J connectivity index is 0.000000281. The van der Waals surface area contributed by atoms with Crippen LogP contribution in [-0.2, 0) is 9.53 Å². The smallest absolute Gasteiger partial charge is 0.302 e. The van der Waals surface area contributed by atoms with Crippen LogP contribution in [0, 0.1) is 13.8 Å². The molecule has 0 saturated heterocycles. The van der Waals surface area contributed by atoms with E-state index in [0.29, 0.717) is 0 Å². The average molecular weight is 222 g/mol. The Hall–Kier alpha value is -1.31. The number of ether oxygens (including phenoxy) is 1. The summed E-state index contributed by atoms with van der Waals surface area (Å²) in [5.74, 6) is -0.195. The second-order valence-electron chi connectivity index (χ2n) is 3.91. The zero-order chi connectivity index (χ0) is 12.6. The normalized spacial score (nSPS) is 11.1. The molecule has 0 aliphatic carbocycles. The van der Waals surface area contributed by atoms with Crippen molar-refractivity contribution in [1.29, 1.82) is 0 Å². The molecule has 1 unspecified atom stereocenters. The van der Waals surface area contributed by atoms with Crippen LogP contribution in [0.15, 0.2) is 24.3 Å². The first-order valence-electron chi connectivity index (χ1n) is 5.66. The van der Waals surface area contributed by atoms with Gasteiger partial charge in [0.2, 0.25) is 0 Å². The van der Waals surface area contributed by atoms with Gasteiger partial charge in [-0.3, -0.25) is 4.79 Å². The summed E-state index contributed by atoms with van der Waals surface area (Å²) < 4.78 is 4.76. The number of hydrogen-bond donors (Lipinski definition) is 0. The van der Waals surface area contributed by atoms with Gasteiger partial charge in [0.25, 0.3) is 0 Å². The number of carbonyl (C=O) groups is 1. The zero-order valence-corrected chi connectivity index (χ0v) is 10.9. The lowest BCUT2D eigenvalue weighted by Crippen LogP contribution is -2.09. The van der Waals surface area contributed by atoms with E-state index in [1.807, 2.05) is 13.8 Å². The van der Waals surface area contributed by atoms with E-state index in [-0.39, 0.29) is 12.1 Å². The van der Waals surface area contributed by atoms with Crippen molar-refractivity contribution in [2.75, 3.05) is 0 Å². The number of hydrogen-bond acceptors (Lipinski definition) is 2. The van der Waals surface area contributed by atoms with Crippen LogP contribution in [0.25, 0.3) is 0 Å². The van der Waals surface area contributed by atoms with Crippen LogP contribution in [0.3, 0.4) is 0 Å². The summed E-state index contributed by atoms with van der Waals surface area (Å²) in [6.45, 7) is 9.52. The van der Waals surface area contributed by atoms with E-state index in [4.69, 9.17) is 4.74 Å². The Morgan fingerprint density at radius 2 is 1.69 bits per heavy atom. The first-order valence-corrected chi connectivity index (χ1v) is 5.66.